The molecule has 0 spiro atoms. The van der Waals surface area contributed by atoms with Crippen LogP contribution in [0.25, 0.3) is 11.1 Å². The van der Waals surface area contributed by atoms with Crippen LogP contribution in [-0.4, -0.2) is 4.98 Å². The van der Waals surface area contributed by atoms with Gasteiger partial charge in [-0.25, -0.2) is 0 Å². The SMILES string of the molecule is Nc1cccc2oc(Nc3cccc(I)c3)nc12. The Kier molecular flexibility index (Phi) is 2.83. The van der Waals surface area contributed by atoms with Crippen LogP contribution in [0.5, 0.6) is 0 Å². The molecular formula is C13H10IN3O. The van der Waals surface area contributed by atoms with Gasteiger partial charge in [0.25, 0.3) is 6.01 Å². The van der Waals surface area contributed by atoms with Crippen molar-refractivity contribution >= 4 is 51.1 Å². The quantitative estimate of drug-likeness (QED) is 0.545. The standard InChI is InChI=1S/C13H10IN3O/c14-8-3-1-4-9(7-8)16-13-17-12-10(15)5-2-6-11(12)18-13/h1-7H,15H2,(H,16,17). The Balaban J connectivity index is 1.98. The molecule has 1 aromatic heterocycles. The maximum atomic E-state index is 5.84. The Labute approximate surface area is 117 Å². The molecule has 0 bridgehead atoms. The molecule has 0 saturated heterocycles. The third kappa shape index (κ3) is 2.13. The molecule has 0 atom stereocenters. The minimum Gasteiger partial charge on any atom is -0.423 e. The molecular weight excluding hydrogens is 341 g/mol. The zero-order chi connectivity index (χ0) is 12.5. The summed E-state index contributed by atoms with van der Waals surface area (Å²) in [5.74, 6) is 0. The molecule has 2 aromatic carbocycles. The summed E-state index contributed by atoms with van der Waals surface area (Å²) in [6.45, 7) is 0. The first-order valence-corrected chi connectivity index (χ1v) is 6.48. The highest BCUT2D eigenvalue weighted by Gasteiger charge is 2.07. The Morgan fingerprint density at radius 2 is 2.00 bits per heavy atom. The molecule has 1 heterocycles. The van der Waals surface area contributed by atoms with E-state index in [1.54, 1.807) is 6.07 Å². The lowest BCUT2D eigenvalue weighted by molar-refractivity contribution is 0.623. The number of oxazole rings is 1. The third-order valence-electron chi connectivity index (χ3n) is 2.53. The van der Waals surface area contributed by atoms with Gasteiger partial charge in [0.05, 0.1) is 5.69 Å². The van der Waals surface area contributed by atoms with Crippen LogP contribution >= 0.6 is 22.6 Å². The fraction of sp³-hybridized carbons (Fsp3) is 0. The van der Waals surface area contributed by atoms with Crippen LogP contribution < -0.4 is 11.1 Å². The predicted molar refractivity (Wildman–Crippen MR) is 80.9 cm³/mol. The van der Waals surface area contributed by atoms with Crippen LogP contribution in [0.3, 0.4) is 0 Å². The van der Waals surface area contributed by atoms with E-state index in [4.69, 9.17) is 10.2 Å². The van der Waals surface area contributed by atoms with Gasteiger partial charge in [0.1, 0.15) is 5.52 Å². The number of benzene rings is 2. The number of anilines is 3. The van der Waals surface area contributed by atoms with Gasteiger partial charge >= 0.3 is 0 Å². The Morgan fingerprint density at radius 1 is 1.17 bits per heavy atom. The maximum Gasteiger partial charge on any atom is 0.300 e. The number of nitrogens with one attached hydrogen (secondary N) is 1. The molecule has 3 aromatic rings. The van der Waals surface area contributed by atoms with Gasteiger partial charge in [-0.05, 0) is 52.9 Å². The summed E-state index contributed by atoms with van der Waals surface area (Å²) in [7, 11) is 0. The van der Waals surface area contributed by atoms with E-state index in [9.17, 15) is 0 Å². The molecule has 18 heavy (non-hydrogen) atoms. The molecule has 0 aliphatic rings. The number of rotatable bonds is 2. The molecule has 4 nitrogen and oxygen atoms in total. The van der Waals surface area contributed by atoms with E-state index in [0.717, 1.165) is 9.26 Å². The smallest absolute Gasteiger partial charge is 0.300 e. The lowest BCUT2D eigenvalue weighted by Gasteiger charge is -2.00. The van der Waals surface area contributed by atoms with Crippen molar-refractivity contribution in [1.82, 2.24) is 4.98 Å². The molecule has 0 saturated carbocycles. The van der Waals surface area contributed by atoms with E-state index in [1.807, 2.05) is 36.4 Å². The second-order valence-electron chi connectivity index (χ2n) is 3.85. The Hall–Kier alpha value is -1.76. The van der Waals surface area contributed by atoms with Gasteiger partial charge in [-0.1, -0.05) is 12.1 Å². The van der Waals surface area contributed by atoms with Crippen LogP contribution in [0.2, 0.25) is 0 Å². The van der Waals surface area contributed by atoms with Crippen molar-refractivity contribution < 1.29 is 4.42 Å². The van der Waals surface area contributed by atoms with Gasteiger partial charge < -0.3 is 15.5 Å². The number of aromatic nitrogens is 1. The van der Waals surface area contributed by atoms with Gasteiger partial charge in [-0.2, -0.15) is 4.98 Å². The fourth-order valence-corrected chi connectivity index (χ4v) is 2.26. The number of hydrogen-bond acceptors (Lipinski definition) is 4. The molecule has 0 aliphatic carbocycles. The molecule has 90 valence electrons. The fourth-order valence-electron chi connectivity index (χ4n) is 1.71. The summed E-state index contributed by atoms with van der Waals surface area (Å²) in [5, 5.41) is 3.12. The van der Waals surface area contributed by atoms with Crippen LogP contribution in [0.1, 0.15) is 0 Å². The van der Waals surface area contributed by atoms with Crippen LogP contribution in [0.4, 0.5) is 17.4 Å². The topological polar surface area (TPSA) is 64.1 Å². The maximum absolute atomic E-state index is 5.84. The van der Waals surface area contributed by atoms with Crippen LogP contribution in [-0.2, 0) is 0 Å². The summed E-state index contributed by atoms with van der Waals surface area (Å²) in [6, 6.07) is 13.9. The third-order valence-corrected chi connectivity index (χ3v) is 3.20. The molecule has 0 amide bonds. The van der Waals surface area contributed by atoms with Gasteiger partial charge in [0.15, 0.2) is 5.58 Å². The van der Waals surface area contributed by atoms with Gasteiger partial charge in [0.2, 0.25) is 0 Å². The van der Waals surface area contributed by atoms with Crippen molar-refractivity contribution in [1.29, 1.82) is 0 Å². The van der Waals surface area contributed by atoms with Crippen molar-refractivity contribution in [3.63, 3.8) is 0 Å². The van der Waals surface area contributed by atoms with E-state index in [2.05, 4.69) is 32.9 Å². The summed E-state index contributed by atoms with van der Waals surface area (Å²) in [6.07, 6.45) is 0. The molecule has 0 aliphatic heterocycles. The van der Waals surface area contributed by atoms with Crippen molar-refractivity contribution in [2.45, 2.75) is 0 Å². The van der Waals surface area contributed by atoms with Crippen LogP contribution in [0, 0.1) is 3.57 Å². The van der Waals surface area contributed by atoms with Crippen molar-refractivity contribution in [2.75, 3.05) is 11.1 Å². The predicted octanol–water partition coefficient (Wildman–Crippen LogP) is 3.76. The molecule has 0 unspecified atom stereocenters. The number of nitrogens with zero attached hydrogens (tertiary/aromatic N) is 1. The minimum absolute atomic E-state index is 0.449. The summed E-state index contributed by atoms with van der Waals surface area (Å²) >= 11 is 2.26. The van der Waals surface area contributed by atoms with E-state index in [0.29, 0.717) is 22.8 Å². The Morgan fingerprint density at radius 3 is 2.78 bits per heavy atom. The number of para-hydroxylation sites is 1. The highest BCUT2D eigenvalue weighted by molar-refractivity contribution is 14.1. The first-order chi connectivity index (χ1) is 8.72. The number of fused-ring (bicyclic) bond motifs is 1. The molecule has 0 radical (unpaired) electrons. The van der Waals surface area contributed by atoms with E-state index < -0.39 is 0 Å². The number of nitrogens with two attached hydrogens (primary N) is 1. The first kappa shape index (κ1) is 11.3. The first-order valence-electron chi connectivity index (χ1n) is 5.40. The molecule has 3 N–H and O–H groups in total. The van der Waals surface area contributed by atoms with Crippen molar-refractivity contribution in [3.05, 3.63) is 46.0 Å². The van der Waals surface area contributed by atoms with Crippen molar-refractivity contribution in [3.8, 4) is 0 Å². The minimum atomic E-state index is 0.449. The highest BCUT2D eigenvalue weighted by atomic mass is 127. The number of nitrogen functional groups attached to an aromatic ring is 1. The lowest BCUT2D eigenvalue weighted by Crippen LogP contribution is -1.90. The average molecular weight is 351 g/mol. The van der Waals surface area contributed by atoms with Gasteiger partial charge in [0, 0.05) is 9.26 Å². The zero-order valence-corrected chi connectivity index (χ0v) is 11.5. The summed E-state index contributed by atoms with van der Waals surface area (Å²) in [5.41, 5.74) is 8.76. The second kappa shape index (κ2) is 4.49. The normalized spacial score (nSPS) is 10.7. The number of halogens is 1. The average Bonchev–Trinajstić information content (AvgIpc) is 2.73. The van der Waals surface area contributed by atoms with Gasteiger partial charge in [-0.15, -0.1) is 0 Å². The second-order valence-corrected chi connectivity index (χ2v) is 5.09. The summed E-state index contributed by atoms with van der Waals surface area (Å²) in [4.78, 5) is 4.33. The molecule has 5 heteroatoms. The highest BCUT2D eigenvalue weighted by Crippen LogP contribution is 2.26. The lowest BCUT2D eigenvalue weighted by atomic mass is 10.3. The van der Waals surface area contributed by atoms with E-state index in [1.165, 1.54) is 0 Å². The molecule has 0 fully saturated rings. The summed E-state index contributed by atoms with van der Waals surface area (Å²) < 4.78 is 6.73. The van der Waals surface area contributed by atoms with Gasteiger partial charge in [-0.3, -0.25) is 0 Å². The molecule has 3 rings (SSSR count). The Bertz CT molecular complexity index is 708. The zero-order valence-electron chi connectivity index (χ0n) is 9.35. The monoisotopic (exact) mass is 351 g/mol. The number of hydrogen-bond donors (Lipinski definition) is 2. The largest absolute Gasteiger partial charge is 0.423 e. The van der Waals surface area contributed by atoms with Crippen LogP contribution in [0.15, 0.2) is 46.9 Å². The van der Waals surface area contributed by atoms with E-state index >= 15 is 0 Å². The van der Waals surface area contributed by atoms with Crippen molar-refractivity contribution in [2.24, 2.45) is 0 Å². The van der Waals surface area contributed by atoms with E-state index in [-0.39, 0.29) is 0 Å².